The second-order valence-electron chi connectivity index (χ2n) is 4.25. The van der Waals surface area contributed by atoms with Gasteiger partial charge in [0.15, 0.2) is 10.2 Å². The second kappa shape index (κ2) is 5.02. The van der Waals surface area contributed by atoms with E-state index in [2.05, 4.69) is 31.1 Å². The standard InChI is InChI=1S/C10H8BrN5O3S/c11-5-3-7(16(18)19)8(12-4-5)20-10-14-13-9(17)15(10)6-1-2-6/h3-4,6H,1-2H2,(H,13,17). The van der Waals surface area contributed by atoms with Gasteiger partial charge in [-0.15, -0.1) is 5.10 Å². The molecule has 0 aliphatic heterocycles. The highest BCUT2D eigenvalue weighted by molar-refractivity contribution is 9.10. The molecule has 0 atom stereocenters. The van der Waals surface area contributed by atoms with E-state index < -0.39 is 4.92 Å². The summed E-state index contributed by atoms with van der Waals surface area (Å²) in [6, 6.07) is 1.51. The highest BCUT2D eigenvalue weighted by Crippen LogP contribution is 2.39. The predicted octanol–water partition coefficient (Wildman–Crippen LogP) is 2.12. The summed E-state index contributed by atoms with van der Waals surface area (Å²) in [6.45, 7) is 0. The first kappa shape index (κ1) is 13.3. The highest BCUT2D eigenvalue weighted by atomic mass is 79.9. The number of rotatable bonds is 4. The molecule has 2 aromatic heterocycles. The van der Waals surface area contributed by atoms with Crippen molar-refractivity contribution in [2.75, 3.05) is 0 Å². The number of hydrogen-bond donors (Lipinski definition) is 1. The third-order valence-electron chi connectivity index (χ3n) is 2.77. The molecule has 0 spiro atoms. The smallest absolute Gasteiger partial charge is 0.267 e. The first-order chi connectivity index (χ1) is 9.56. The zero-order valence-corrected chi connectivity index (χ0v) is 12.3. The lowest BCUT2D eigenvalue weighted by Gasteiger charge is -2.03. The van der Waals surface area contributed by atoms with Gasteiger partial charge in [0.05, 0.1) is 4.92 Å². The third kappa shape index (κ3) is 2.48. The number of aromatic nitrogens is 4. The summed E-state index contributed by atoms with van der Waals surface area (Å²) in [7, 11) is 0. The minimum absolute atomic E-state index is 0.123. The Morgan fingerprint density at radius 3 is 2.95 bits per heavy atom. The second-order valence-corrected chi connectivity index (χ2v) is 6.12. The molecule has 1 saturated carbocycles. The van der Waals surface area contributed by atoms with E-state index in [1.165, 1.54) is 16.8 Å². The number of halogens is 1. The summed E-state index contributed by atoms with van der Waals surface area (Å²) >= 11 is 4.16. The SMILES string of the molecule is O=c1[nH]nc(Sc2ncc(Br)cc2[N+](=O)[O-])n1C1CC1. The average molecular weight is 358 g/mol. The van der Waals surface area contributed by atoms with Crippen LogP contribution in [-0.2, 0) is 0 Å². The molecule has 1 fully saturated rings. The van der Waals surface area contributed by atoms with E-state index in [1.54, 1.807) is 0 Å². The summed E-state index contributed by atoms with van der Waals surface area (Å²) in [4.78, 5) is 26.2. The number of nitro groups is 1. The van der Waals surface area contributed by atoms with E-state index in [1.807, 2.05) is 0 Å². The highest BCUT2D eigenvalue weighted by Gasteiger charge is 2.30. The Kier molecular flexibility index (Phi) is 3.34. The van der Waals surface area contributed by atoms with Crippen LogP contribution >= 0.6 is 27.7 Å². The summed E-state index contributed by atoms with van der Waals surface area (Å²) in [6.07, 6.45) is 3.31. The van der Waals surface area contributed by atoms with Gasteiger partial charge >= 0.3 is 11.4 Å². The summed E-state index contributed by atoms with van der Waals surface area (Å²) < 4.78 is 2.05. The average Bonchev–Trinajstić information content (AvgIpc) is 3.17. The van der Waals surface area contributed by atoms with E-state index in [0.717, 1.165) is 24.6 Å². The van der Waals surface area contributed by atoms with Crippen molar-refractivity contribution in [3.8, 4) is 0 Å². The minimum Gasteiger partial charge on any atom is -0.267 e. The quantitative estimate of drug-likeness (QED) is 0.663. The maximum Gasteiger partial charge on any atom is 0.344 e. The van der Waals surface area contributed by atoms with Crippen molar-refractivity contribution in [2.24, 2.45) is 0 Å². The summed E-state index contributed by atoms with van der Waals surface area (Å²) in [5.41, 5.74) is -0.420. The topological polar surface area (TPSA) is 107 Å². The molecule has 0 radical (unpaired) electrons. The molecule has 20 heavy (non-hydrogen) atoms. The first-order valence-corrected chi connectivity index (χ1v) is 7.32. The fourth-order valence-electron chi connectivity index (χ4n) is 1.73. The van der Waals surface area contributed by atoms with Crippen molar-refractivity contribution in [1.29, 1.82) is 0 Å². The van der Waals surface area contributed by atoms with Gasteiger partial charge < -0.3 is 0 Å². The van der Waals surface area contributed by atoms with Crippen LogP contribution in [0.5, 0.6) is 0 Å². The van der Waals surface area contributed by atoms with E-state index in [4.69, 9.17) is 0 Å². The summed E-state index contributed by atoms with van der Waals surface area (Å²) in [5.74, 6) is 0. The Balaban J connectivity index is 1.99. The van der Waals surface area contributed by atoms with E-state index in [-0.39, 0.29) is 22.4 Å². The Labute approximate surface area is 124 Å². The van der Waals surface area contributed by atoms with Crippen molar-refractivity contribution in [2.45, 2.75) is 29.1 Å². The number of nitrogens with one attached hydrogen (secondary N) is 1. The molecule has 0 bridgehead atoms. The Morgan fingerprint density at radius 2 is 2.30 bits per heavy atom. The van der Waals surface area contributed by atoms with Crippen LogP contribution in [-0.4, -0.2) is 24.7 Å². The molecule has 2 aromatic rings. The maximum absolute atomic E-state index is 11.7. The number of pyridine rings is 1. The van der Waals surface area contributed by atoms with Crippen LogP contribution < -0.4 is 5.69 Å². The molecule has 3 rings (SSSR count). The van der Waals surface area contributed by atoms with Crippen molar-refractivity contribution in [1.82, 2.24) is 19.7 Å². The Bertz CT molecular complexity index is 739. The molecule has 1 N–H and O–H groups in total. The summed E-state index contributed by atoms with van der Waals surface area (Å²) in [5, 5.41) is 17.9. The lowest BCUT2D eigenvalue weighted by atomic mass is 10.4. The van der Waals surface area contributed by atoms with Crippen LogP contribution in [0.4, 0.5) is 5.69 Å². The molecule has 1 aliphatic carbocycles. The first-order valence-electron chi connectivity index (χ1n) is 5.71. The molecule has 0 aromatic carbocycles. The van der Waals surface area contributed by atoms with Gasteiger partial charge in [0.1, 0.15) is 0 Å². The third-order valence-corrected chi connectivity index (χ3v) is 4.18. The van der Waals surface area contributed by atoms with E-state index in [9.17, 15) is 14.9 Å². The van der Waals surface area contributed by atoms with Crippen LogP contribution in [0.15, 0.2) is 31.7 Å². The van der Waals surface area contributed by atoms with Crippen LogP contribution in [0.2, 0.25) is 0 Å². The lowest BCUT2D eigenvalue weighted by molar-refractivity contribution is -0.388. The van der Waals surface area contributed by atoms with E-state index >= 15 is 0 Å². The maximum atomic E-state index is 11.7. The van der Waals surface area contributed by atoms with Gasteiger partial charge in [0.25, 0.3) is 0 Å². The molecular weight excluding hydrogens is 350 g/mol. The van der Waals surface area contributed by atoms with Crippen molar-refractivity contribution < 1.29 is 4.92 Å². The molecular formula is C10H8BrN5O3S. The van der Waals surface area contributed by atoms with Gasteiger partial charge in [-0.25, -0.2) is 14.9 Å². The van der Waals surface area contributed by atoms with Gasteiger partial charge in [-0.3, -0.25) is 14.7 Å². The normalized spacial score (nSPS) is 14.4. The molecule has 0 amide bonds. The van der Waals surface area contributed by atoms with Crippen molar-refractivity contribution >= 4 is 33.4 Å². The zero-order valence-electron chi connectivity index (χ0n) is 9.95. The molecule has 104 valence electrons. The van der Waals surface area contributed by atoms with Crippen molar-refractivity contribution in [3.05, 3.63) is 37.3 Å². The zero-order chi connectivity index (χ0) is 14.3. The lowest BCUT2D eigenvalue weighted by Crippen LogP contribution is -2.16. The molecule has 2 heterocycles. The van der Waals surface area contributed by atoms with E-state index in [0.29, 0.717) is 9.63 Å². The van der Waals surface area contributed by atoms with Gasteiger partial charge in [0, 0.05) is 22.8 Å². The minimum atomic E-state index is -0.508. The molecule has 1 aliphatic rings. The fourth-order valence-corrected chi connectivity index (χ4v) is 2.99. The van der Waals surface area contributed by atoms with Gasteiger partial charge in [-0.05, 0) is 40.5 Å². The predicted molar refractivity (Wildman–Crippen MR) is 73.8 cm³/mol. The largest absolute Gasteiger partial charge is 0.344 e. The van der Waals surface area contributed by atoms with Crippen LogP contribution in [0.3, 0.4) is 0 Å². The van der Waals surface area contributed by atoms with Gasteiger partial charge in [-0.1, -0.05) is 0 Å². The molecule has 8 nitrogen and oxygen atoms in total. The van der Waals surface area contributed by atoms with Crippen molar-refractivity contribution in [3.63, 3.8) is 0 Å². The van der Waals surface area contributed by atoms with Crippen LogP contribution in [0.25, 0.3) is 0 Å². The fraction of sp³-hybridized carbons (Fsp3) is 0.300. The van der Waals surface area contributed by atoms with Crippen LogP contribution in [0, 0.1) is 10.1 Å². The molecule has 10 heteroatoms. The number of H-pyrrole nitrogens is 1. The van der Waals surface area contributed by atoms with Gasteiger partial charge in [0.2, 0.25) is 0 Å². The molecule has 0 saturated heterocycles. The monoisotopic (exact) mass is 357 g/mol. The molecule has 0 unspecified atom stereocenters. The van der Waals surface area contributed by atoms with Crippen LogP contribution in [0.1, 0.15) is 18.9 Å². The Hall–Kier alpha value is -1.68. The number of nitrogens with zero attached hydrogens (tertiary/aromatic N) is 4. The van der Waals surface area contributed by atoms with Gasteiger partial charge in [-0.2, -0.15) is 0 Å². The number of hydrogen-bond acceptors (Lipinski definition) is 6. The Morgan fingerprint density at radius 1 is 1.55 bits per heavy atom. The number of aromatic amines is 1.